The Balaban J connectivity index is 2.26. The van der Waals surface area contributed by atoms with Crippen LogP contribution in [0.4, 0.5) is 0 Å². The van der Waals surface area contributed by atoms with Gasteiger partial charge in [0.1, 0.15) is 12.7 Å². The van der Waals surface area contributed by atoms with Crippen molar-refractivity contribution in [3.05, 3.63) is 12.7 Å². The third-order valence-electron chi connectivity index (χ3n) is 4.13. The summed E-state index contributed by atoms with van der Waals surface area (Å²) < 4.78 is 16.3. The van der Waals surface area contributed by atoms with Gasteiger partial charge in [0, 0.05) is 5.75 Å². The monoisotopic (exact) mass is 415 g/mol. The number of hydrogen-bond acceptors (Lipinski definition) is 8. The number of hydrogen-bond donors (Lipinski definition) is 0. The van der Waals surface area contributed by atoms with E-state index in [1.54, 1.807) is 6.92 Å². The molecule has 0 spiro atoms. The molecule has 0 aromatic heterocycles. The predicted molar refractivity (Wildman–Crippen MR) is 101 cm³/mol. The number of β-lactam (4-membered cyclic amide) rings is 1. The summed E-state index contributed by atoms with van der Waals surface area (Å²) in [6.07, 6.45) is -0.168. The summed E-state index contributed by atoms with van der Waals surface area (Å²) in [6, 6.07) is -0.882. The molecule has 0 aromatic rings. The van der Waals surface area contributed by atoms with Crippen molar-refractivity contribution in [2.24, 2.45) is 5.92 Å². The van der Waals surface area contributed by atoms with Crippen LogP contribution in [-0.2, 0) is 33.1 Å². The first-order chi connectivity index (χ1) is 12.6. The molecule has 0 N–H and O–H groups in total. The quantitative estimate of drug-likeness (QED) is 0.208. The van der Waals surface area contributed by atoms with E-state index in [2.05, 4.69) is 6.58 Å². The molecule has 2 amide bonds. The maximum atomic E-state index is 12.7. The van der Waals surface area contributed by atoms with Gasteiger partial charge in [-0.2, -0.15) is 0 Å². The van der Waals surface area contributed by atoms with Gasteiger partial charge in [0.2, 0.25) is 11.0 Å². The van der Waals surface area contributed by atoms with Crippen molar-refractivity contribution in [1.82, 2.24) is 4.90 Å². The second-order valence-electron chi connectivity index (χ2n) is 7.31. The van der Waals surface area contributed by atoms with E-state index in [-0.39, 0.29) is 11.7 Å². The van der Waals surface area contributed by atoms with Crippen molar-refractivity contribution in [2.75, 3.05) is 19.0 Å². The van der Waals surface area contributed by atoms with Crippen molar-refractivity contribution in [2.45, 2.75) is 44.8 Å². The van der Waals surface area contributed by atoms with Crippen LogP contribution in [0.2, 0.25) is 19.6 Å². The average molecular weight is 416 g/mol. The van der Waals surface area contributed by atoms with E-state index in [1.807, 2.05) is 19.6 Å². The van der Waals surface area contributed by atoms with Crippen LogP contribution in [0.3, 0.4) is 0 Å². The number of thioether (sulfide) groups is 1. The number of imide groups is 1. The Morgan fingerprint density at radius 3 is 2.63 bits per heavy atom. The van der Waals surface area contributed by atoms with Crippen LogP contribution in [0.5, 0.6) is 0 Å². The number of nitrogens with zero attached hydrogens (tertiary/aromatic N) is 1. The smallest absolute Gasteiger partial charge is 0.397 e. The molecule has 0 saturated carbocycles. The van der Waals surface area contributed by atoms with Crippen LogP contribution in [0.1, 0.15) is 6.92 Å². The van der Waals surface area contributed by atoms with Gasteiger partial charge in [0.15, 0.2) is 8.32 Å². The van der Waals surface area contributed by atoms with Crippen LogP contribution in [0.25, 0.3) is 0 Å². The summed E-state index contributed by atoms with van der Waals surface area (Å²) >= 11 is 1.09. The Morgan fingerprint density at radius 1 is 1.41 bits per heavy atom. The normalized spacial score (nSPS) is 27.0. The lowest BCUT2D eigenvalue weighted by Crippen LogP contribution is -2.73. The van der Waals surface area contributed by atoms with E-state index in [0.717, 1.165) is 16.7 Å². The molecule has 2 aliphatic heterocycles. The lowest BCUT2D eigenvalue weighted by Gasteiger charge is -2.50. The predicted octanol–water partition coefficient (Wildman–Crippen LogP) is 0.968. The highest BCUT2D eigenvalue weighted by Gasteiger charge is 2.60. The molecule has 0 radical (unpaired) electrons. The number of carbonyl (C=O) groups excluding carboxylic acids is 4. The molecule has 0 aliphatic carbocycles. The zero-order valence-corrected chi connectivity index (χ0v) is 17.7. The molecule has 0 unspecified atom stereocenters. The maximum absolute atomic E-state index is 12.7. The van der Waals surface area contributed by atoms with Crippen LogP contribution in [0, 0.1) is 5.92 Å². The largest absolute Gasteiger partial charge is 0.454 e. The molecule has 2 rings (SSSR count). The van der Waals surface area contributed by atoms with Gasteiger partial charge >= 0.3 is 11.9 Å². The van der Waals surface area contributed by atoms with Crippen molar-refractivity contribution in [3.63, 3.8) is 0 Å². The summed E-state index contributed by atoms with van der Waals surface area (Å²) in [5.74, 6) is -3.05. The van der Waals surface area contributed by atoms with E-state index in [0.29, 0.717) is 12.4 Å². The second-order valence-corrected chi connectivity index (χ2v) is 12.9. The molecule has 0 bridgehead atoms. The highest BCUT2D eigenvalue weighted by Crippen LogP contribution is 2.38. The van der Waals surface area contributed by atoms with Crippen molar-refractivity contribution < 1.29 is 33.1 Å². The Morgan fingerprint density at radius 2 is 2.07 bits per heavy atom. The lowest BCUT2D eigenvalue weighted by atomic mass is 9.80. The van der Waals surface area contributed by atoms with Crippen LogP contribution >= 0.6 is 11.8 Å². The second kappa shape index (κ2) is 8.68. The van der Waals surface area contributed by atoms with Gasteiger partial charge in [-0.3, -0.25) is 19.3 Å². The lowest BCUT2D eigenvalue weighted by molar-refractivity contribution is -0.187. The Hall–Kier alpha value is -1.49. The summed E-state index contributed by atoms with van der Waals surface area (Å²) in [4.78, 5) is 50.2. The minimum Gasteiger partial charge on any atom is -0.454 e. The summed E-state index contributed by atoms with van der Waals surface area (Å²) in [6.45, 7) is 11.3. The van der Waals surface area contributed by atoms with Gasteiger partial charge in [-0.05, 0) is 26.6 Å². The Labute approximate surface area is 163 Å². The van der Waals surface area contributed by atoms with Crippen molar-refractivity contribution in [1.29, 1.82) is 0 Å². The van der Waals surface area contributed by atoms with Gasteiger partial charge in [0.05, 0.1) is 24.7 Å². The van der Waals surface area contributed by atoms with E-state index in [4.69, 9.17) is 13.9 Å². The number of likely N-dealkylation sites (tertiary alicyclic amines) is 1. The van der Waals surface area contributed by atoms with Gasteiger partial charge in [-0.15, -0.1) is 0 Å². The SMILES string of the molecule is C=CCOC(=O)C(=O)N1C(=O)[C@H]([C@@H](C)O[Si](C)(C)C)[C@H]1[C@H]1OCCSC1=O. The molecule has 8 nitrogen and oxygen atoms in total. The molecule has 2 fully saturated rings. The fraction of sp³-hybridized carbons (Fsp3) is 0.647. The number of ether oxygens (including phenoxy) is 2. The Kier molecular flexibility index (Phi) is 7.01. The average Bonchev–Trinajstić information content (AvgIpc) is 2.56. The van der Waals surface area contributed by atoms with Gasteiger partial charge in [0.25, 0.3) is 0 Å². The fourth-order valence-electron chi connectivity index (χ4n) is 3.20. The molecule has 27 heavy (non-hydrogen) atoms. The molecular weight excluding hydrogens is 390 g/mol. The van der Waals surface area contributed by atoms with Crippen LogP contribution < -0.4 is 0 Å². The molecule has 10 heteroatoms. The summed E-state index contributed by atoms with van der Waals surface area (Å²) in [5.41, 5.74) is 0. The number of esters is 1. The highest BCUT2D eigenvalue weighted by molar-refractivity contribution is 8.13. The first-order valence-corrected chi connectivity index (χ1v) is 13.1. The summed E-state index contributed by atoms with van der Waals surface area (Å²) in [5, 5.41) is -0.263. The van der Waals surface area contributed by atoms with E-state index < -0.39 is 50.3 Å². The fourth-order valence-corrected chi connectivity index (χ4v) is 5.22. The molecule has 150 valence electrons. The van der Waals surface area contributed by atoms with Crippen molar-refractivity contribution in [3.8, 4) is 0 Å². The Bertz CT molecular complexity index is 648. The number of amides is 2. The van der Waals surface area contributed by atoms with E-state index in [1.165, 1.54) is 6.08 Å². The minimum atomic E-state index is -1.97. The van der Waals surface area contributed by atoms with Gasteiger partial charge in [-0.1, -0.05) is 24.4 Å². The van der Waals surface area contributed by atoms with Gasteiger partial charge < -0.3 is 13.9 Å². The van der Waals surface area contributed by atoms with Crippen LogP contribution in [0.15, 0.2) is 12.7 Å². The number of carbonyl (C=O) groups is 4. The first kappa shape index (κ1) is 21.8. The highest BCUT2D eigenvalue weighted by atomic mass is 32.2. The minimum absolute atomic E-state index is 0.148. The molecule has 2 saturated heterocycles. The zero-order chi connectivity index (χ0) is 20.4. The molecular formula is C17H25NO7SSi. The zero-order valence-electron chi connectivity index (χ0n) is 15.9. The third kappa shape index (κ3) is 4.87. The summed E-state index contributed by atoms with van der Waals surface area (Å²) in [7, 11) is -1.97. The molecule has 2 aliphatic rings. The van der Waals surface area contributed by atoms with E-state index >= 15 is 0 Å². The standard InChI is InChI=1S/C17H25NO7SSi/c1-6-7-24-16(21)15(20)18-12(13-17(22)26-9-8-23-13)11(14(18)19)10(2)25-27(3,4)5/h6,10-13H,1,7-9H2,2-5H3/t10-,11-,12+,13-/m1/s1. The topological polar surface area (TPSA) is 99.2 Å². The molecule has 0 aromatic carbocycles. The maximum Gasteiger partial charge on any atom is 0.397 e. The first-order valence-electron chi connectivity index (χ1n) is 8.69. The van der Waals surface area contributed by atoms with Gasteiger partial charge in [-0.25, -0.2) is 4.79 Å². The molecule has 4 atom stereocenters. The van der Waals surface area contributed by atoms with Crippen molar-refractivity contribution >= 4 is 43.0 Å². The van der Waals surface area contributed by atoms with Crippen LogP contribution in [-0.4, -0.2) is 73.3 Å². The third-order valence-corrected chi connectivity index (χ3v) is 6.09. The van der Waals surface area contributed by atoms with E-state index in [9.17, 15) is 19.2 Å². The molecule has 2 heterocycles. The number of rotatable bonds is 6.